The minimum Gasteiger partial charge on any atom is -0.496 e. The molecule has 0 radical (unpaired) electrons. The third kappa shape index (κ3) is 5.78. The number of hydrogen-bond acceptors (Lipinski definition) is 8. The van der Waals surface area contributed by atoms with Gasteiger partial charge in [-0.1, -0.05) is 23.1 Å². The Morgan fingerprint density at radius 1 is 1.28 bits per heavy atom. The zero-order chi connectivity index (χ0) is 23.3. The van der Waals surface area contributed by atoms with E-state index >= 15 is 0 Å². The van der Waals surface area contributed by atoms with Gasteiger partial charge in [0.2, 0.25) is 0 Å². The summed E-state index contributed by atoms with van der Waals surface area (Å²) in [6.45, 7) is 6.35. The Bertz CT molecular complexity index is 1150. The molecule has 2 aromatic heterocycles. The second-order valence-corrected chi connectivity index (χ2v) is 9.71. The van der Waals surface area contributed by atoms with Crippen LogP contribution in [0.25, 0.3) is 0 Å². The van der Waals surface area contributed by atoms with Gasteiger partial charge in [-0.05, 0) is 56.2 Å². The van der Waals surface area contributed by atoms with Crippen molar-refractivity contribution in [2.75, 3.05) is 26.0 Å². The first-order valence-corrected chi connectivity index (χ1v) is 11.6. The van der Waals surface area contributed by atoms with Crippen molar-refractivity contribution < 1.29 is 9.53 Å². The maximum absolute atomic E-state index is 12.9. The number of nitrogens with one attached hydrogen (secondary N) is 1. The van der Waals surface area contributed by atoms with E-state index in [2.05, 4.69) is 21.4 Å². The molecule has 1 amide bonds. The monoisotopic (exact) mass is 467 g/mol. The lowest BCUT2D eigenvalue weighted by Crippen LogP contribution is -2.28. The van der Waals surface area contributed by atoms with Crippen LogP contribution in [0, 0.1) is 32.1 Å². The third-order valence-electron chi connectivity index (χ3n) is 4.66. The fourth-order valence-corrected chi connectivity index (χ4v) is 5.07. The van der Waals surface area contributed by atoms with Crippen molar-refractivity contribution in [2.45, 2.75) is 36.3 Å². The maximum atomic E-state index is 12.9. The second kappa shape index (κ2) is 10.5. The van der Waals surface area contributed by atoms with Gasteiger partial charge in [-0.2, -0.15) is 5.26 Å². The Labute approximate surface area is 196 Å². The van der Waals surface area contributed by atoms with Crippen molar-refractivity contribution >= 4 is 40.0 Å². The molecule has 0 unspecified atom stereocenters. The van der Waals surface area contributed by atoms with E-state index in [1.165, 1.54) is 16.2 Å². The van der Waals surface area contributed by atoms with Crippen molar-refractivity contribution in [3.8, 4) is 11.8 Å². The fraction of sp³-hybridized carbons (Fsp3) is 0.304. The molecule has 0 bridgehead atoms. The average Bonchev–Trinajstić information content (AvgIpc) is 3.18. The normalized spacial score (nSPS) is 10.5. The molecule has 3 rings (SSSR count). The number of anilines is 2. The van der Waals surface area contributed by atoms with Crippen molar-refractivity contribution in [3.63, 3.8) is 0 Å². The number of aryl methyl sites for hydroxylation is 3. The molecule has 0 aliphatic carbocycles. The first-order valence-electron chi connectivity index (χ1n) is 9.97. The minimum atomic E-state index is -0.175. The smallest absolute Gasteiger partial charge is 0.257 e. The van der Waals surface area contributed by atoms with Crippen LogP contribution in [0.4, 0.5) is 10.9 Å². The number of nitrogens with zero attached hydrogens (tertiary/aromatic N) is 4. The number of rotatable bonds is 8. The van der Waals surface area contributed by atoms with Gasteiger partial charge in [0.05, 0.1) is 35.6 Å². The predicted molar refractivity (Wildman–Crippen MR) is 128 cm³/mol. The van der Waals surface area contributed by atoms with E-state index in [4.69, 9.17) is 10.00 Å². The molecule has 1 N–H and O–H groups in total. The number of amides is 1. The minimum absolute atomic E-state index is 0.175. The molecule has 166 valence electrons. The second-order valence-electron chi connectivity index (χ2n) is 7.34. The summed E-state index contributed by atoms with van der Waals surface area (Å²) < 4.78 is 6.44. The Morgan fingerprint density at radius 2 is 2.06 bits per heavy atom. The molecule has 0 aliphatic rings. The molecule has 32 heavy (non-hydrogen) atoms. The van der Waals surface area contributed by atoms with Gasteiger partial charge in [-0.15, -0.1) is 0 Å². The van der Waals surface area contributed by atoms with E-state index in [-0.39, 0.29) is 12.3 Å². The van der Waals surface area contributed by atoms with Gasteiger partial charge in [0.1, 0.15) is 11.6 Å². The summed E-state index contributed by atoms with van der Waals surface area (Å²) in [5.74, 6) is 1.11. The largest absolute Gasteiger partial charge is 0.496 e. The van der Waals surface area contributed by atoms with E-state index in [1.807, 2.05) is 51.2 Å². The number of pyridine rings is 1. The van der Waals surface area contributed by atoms with Crippen LogP contribution in [0.2, 0.25) is 0 Å². The summed E-state index contributed by atoms with van der Waals surface area (Å²) in [5.41, 5.74) is 3.56. The quantitative estimate of drug-likeness (QED) is 0.477. The fourth-order valence-electron chi connectivity index (χ4n) is 3.12. The van der Waals surface area contributed by atoms with Crippen LogP contribution in [0.15, 0.2) is 39.6 Å². The van der Waals surface area contributed by atoms with E-state index in [1.54, 1.807) is 25.9 Å². The summed E-state index contributed by atoms with van der Waals surface area (Å²) in [4.78, 5) is 24.4. The predicted octanol–water partition coefficient (Wildman–Crippen LogP) is 5.35. The Hall–Kier alpha value is -3.09. The molecule has 0 saturated carbocycles. The van der Waals surface area contributed by atoms with E-state index in [0.717, 1.165) is 36.9 Å². The first-order chi connectivity index (χ1) is 15.3. The lowest BCUT2D eigenvalue weighted by Gasteiger charge is -2.19. The standard InChI is InChI=1S/C23H25N5O2S2/c1-14-9-16(3)26-20(10-14)27-23-25-13-21(32-23)31-19-12-17(18(30-5)11-15(19)2)22(29)28(4)8-6-7-24/h9-13H,6,8H2,1-5H3,(H,25,26,27). The molecular formula is C23H25N5O2S2. The van der Waals surface area contributed by atoms with E-state index < -0.39 is 0 Å². The summed E-state index contributed by atoms with van der Waals surface area (Å²) in [6, 6.07) is 9.79. The van der Waals surface area contributed by atoms with Crippen LogP contribution in [-0.2, 0) is 0 Å². The summed E-state index contributed by atoms with van der Waals surface area (Å²) in [5, 5.41) is 12.8. The zero-order valence-corrected chi connectivity index (χ0v) is 20.4. The lowest BCUT2D eigenvalue weighted by atomic mass is 10.1. The maximum Gasteiger partial charge on any atom is 0.257 e. The number of nitriles is 1. The molecule has 7 nitrogen and oxygen atoms in total. The highest BCUT2D eigenvalue weighted by Crippen LogP contribution is 2.39. The topological polar surface area (TPSA) is 91.1 Å². The van der Waals surface area contributed by atoms with Crippen molar-refractivity contribution in [1.82, 2.24) is 14.9 Å². The molecule has 3 aromatic rings. The average molecular weight is 468 g/mol. The van der Waals surface area contributed by atoms with Gasteiger partial charge in [0, 0.05) is 24.2 Å². The molecule has 2 heterocycles. The summed E-state index contributed by atoms with van der Waals surface area (Å²) in [7, 11) is 3.24. The van der Waals surface area contributed by atoms with Gasteiger partial charge in [0.15, 0.2) is 5.13 Å². The number of carbonyl (C=O) groups excluding carboxylic acids is 1. The molecule has 0 spiro atoms. The van der Waals surface area contributed by atoms with Crippen molar-refractivity contribution in [2.24, 2.45) is 0 Å². The van der Waals surface area contributed by atoms with Gasteiger partial charge in [-0.3, -0.25) is 4.79 Å². The first kappa shape index (κ1) is 23.6. The van der Waals surface area contributed by atoms with E-state index in [9.17, 15) is 4.79 Å². The molecule has 0 atom stereocenters. The highest BCUT2D eigenvalue weighted by atomic mass is 32.2. The van der Waals surface area contributed by atoms with Gasteiger partial charge in [0.25, 0.3) is 5.91 Å². The number of hydrogen-bond donors (Lipinski definition) is 1. The summed E-state index contributed by atoms with van der Waals surface area (Å²) >= 11 is 3.07. The molecule has 1 aromatic carbocycles. The molecule has 0 aliphatic heterocycles. The highest BCUT2D eigenvalue weighted by molar-refractivity contribution is 8.01. The Balaban J connectivity index is 1.81. The number of benzene rings is 1. The van der Waals surface area contributed by atoms with Gasteiger partial charge >= 0.3 is 0 Å². The number of aromatic nitrogens is 2. The summed E-state index contributed by atoms with van der Waals surface area (Å²) in [6.07, 6.45) is 2.09. The van der Waals surface area contributed by atoms with Gasteiger partial charge in [-0.25, -0.2) is 9.97 Å². The van der Waals surface area contributed by atoms with Crippen LogP contribution in [-0.4, -0.2) is 41.5 Å². The molecule has 9 heteroatoms. The van der Waals surface area contributed by atoms with Crippen LogP contribution in [0.3, 0.4) is 0 Å². The number of ether oxygens (including phenoxy) is 1. The molecule has 0 fully saturated rings. The zero-order valence-electron chi connectivity index (χ0n) is 18.7. The third-order valence-corrected chi connectivity index (χ3v) is 6.83. The van der Waals surface area contributed by atoms with Crippen LogP contribution >= 0.6 is 23.1 Å². The van der Waals surface area contributed by atoms with Crippen molar-refractivity contribution in [1.29, 1.82) is 5.26 Å². The SMILES string of the molecule is COc1cc(C)c(Sc2cnc(Nc3cc(C)cc(C)n3)s2)cc1C(=O)N(C)CCC#N. The number of methoxy groups -OCH3 is 1. The lowest BCUT2D eigenvalue weighted by molar-refractivity contribution is 0.0794. The number of carbonyl (C=O) groups is 1. The van der Waals surface area contributed by atoms with Crippen molar-refractivity contribution in [3.05, 3.63) is 52.8 Å². The Kier molecular flexibility index (Phi) is 7.72. The van der Waals surface area contributed by atoms with E-state index in [0.29, 0.717) is 17.9 Å². The number of thiazole rings is 1. The Morgan fingerprint density at radius 3 is 2.75 bits per heavy atom. The van der Waals surface area contributed by atoms with Gasteiger partial charge < -0.3 is 15.0 Å². The molecule has 0 saturated heterocycles. The van der Waals surface area contributed by atoms with Crippen LogP contribution < -0.4 is 10.1 Å². The van der Waals surface area contributed by atoms with Crippen LogP contribution in [0.5, 0.6) is 5.75 Å². The highest BCUT2D eigenvalue weighted by Gasteiger charge is 2.19. The molecular weight excluding hydrogens is 442 g/mol. The van der Waals surface area contributed by atoms with Crippen LogP contribution in [0.1, 0.15) is 33.6 Å².